The molecule has 0 aromatic heterocycles. The molecule has 1 fully saturated rings. The van der Waals surface area contributed by atoms with E-state index in [1.807, 2.05) is 64.1 Å². The van der Waals surface area contributed by atoms with E-state index in [9.17, 15) is 4.79 Å². The van der Waals surface area contributed by atoms with Gasteiger partial charge in [0.15, 0.2) is 5.75 Å². The van der Waals surface area contributed by atoms with Crippen LogP contribution in [-0.4, -0.2) is 29.7 Å². The van der Waals surface area contributed by atoms with Crippen LogP contribution in [0.1, 0.15) is 50.7 Å². The molecule has 0 bridgehead atoms. The number of benzene rings is 2. The van der Waals surface area contributed by atoms with Crippen LogP contribution in [0.25, 0.3) is 0 Å². The molecule has 1 heterocycles. The van der Waals surface area contributed by atoms with Crippen LogP contribution in [-0.2, 0) is 4.74 Å². The summed E-state index contributed by atoms with van der Waals surface area (Å²) in [6.07, 6.45) is 1.56. The lowest BCUT2D eigenvalue weighted by atomic mass is 9.89. The van der Waals surface area contributed by atoms with E-state index in [-0.39, 0.29) is 6.09 Å². The minimum absolute atomic E-state index is 0.230. The standard InChI is InChI=1S/C23H30N2O3/c1-16-5-8-19(9-6-16)27-21-15-18(7-10-20(21)24)17-11-13-25(14-12-17)22(26)28-23(2,3)4/h5-10,15,17H,11-14,24H2,1-4H3. The van der Waals surface area contributed by atoms with Gasteiger partial charge in [0.05, 0.1) is 5.69 Å². The fourth-order valence-corrected chi connectivity index (χ4v) is 3.35. The van der Waals surface area contributed by atoms with Gasteiger partial charge in [-0.05, 0) is 76.3 Å². The van der Waals surface area contributed by atoms with Gasteiger partial charge >= 0.3 is 6.09 Å². The molecule has 0 atom stereocenters. The number of rotatable bonds is 3. The first-order valence-corrected chi connectivity index (χ1v) is 9.83. The van der Waals surface area contributed by atoms with Crippen molar-refractivity contribution in [2.45, 2.75) is 52.1 Å². The van der Waals surface area contributed by atoms with Crippen LogP contribution in [0.15, 0.2) is 42.5 Å². The second kappa shape index (κ2) is 8.13. The van der Waals surface area contributed by atoms with Crippen molar-refractivity contribution in [3.63, 3.8) is 0 Å². The van der Waals surface area contributed by atoms with Crippen LogP contribution in [0.4, 0.5) is 10.5 Å². The topological polar surface area (TPSA) is 64.8 Å². The molecule has 1 aliphatic heterocycles. The molecule has 3 rings (SSSR count). The molecular weight excluding hydrogens is 352 g/mol. The first-order valence-electron chi connectivity index (χ1n) is 9.83. The number of likely N-dealkylation sites (tertiary alicyclic amines) is 1. The number of anilines is 1. The third kappa shape index (κ3) is 5.18. The Labute approximate surface area is 167 Å². The number of carbonyl (C=O) groups is 1. The Balaban J connectivity index is 1.65. The molecule has 5 heteroatoms. The van der Waals surface area contributed by atoms with E-state index in [0.29, 0.717) is 30.4 Å². The molecule has 150 valence electrons. The normalized spacial score (nSPS) is 15.4. The molecule has 1 aliphatic rings. The smallest absolute Gasteiger partial charge is 0.410 e. The summed E-state index contributed by atoms with van der Waals surface area (Å²) in [6.45, 7) is 9.10. The summed E-state index contributed by atoms with van der Waals surface area (Å²) in [7, 11) is 0. The maximum Gasteiger partial charge on any atom is 0.410 e. The van der Waals surface area contributed by atoms with Crippen LogP contribution >= 0.6 is 0 Å². The minimum atomic E-state index is -0.465. The second-order valence-corrected chi connectivity index (χ2v) is 8.45. The van der Waals surface area contributed by atoms with Crippen molar-refractivity contribution < 1.29 is 14.3 Å². The van der Waals surface area contributed by atoms with Crippen molar-refractivity contribution in [3.8, 4) is 11.5 Å². The number of ether oxygens (including phenoxy) is 2. The molecule has 2 N–H and O–H groups in total. The number of aryl methyl sites for hydroxylation is 1. The lowest BCUT2D eigenvalue weighted by Crippen LogP contribution is -2.41. The van der Waals surface area contributed by atoms with Crippen molar-refractivity contribution in [3.05, 3.63) is 53.6 Å². The van der Waals surface area contributed by atoms with Crippen LogP contribution in [0.2, 0.25) is 0 Å². The summed E-state index contributed by atoms with van der Waals surface area (Å²) in [4.78, 5) is 14.0. The summed E-state index contributed by atoms with van der Waals surface area (Å²) in [5.41, 5.74) is 8.66. The third-order valence-corrected chi connectivity index (χ3v) is 4.90. The van der Waals surface area contributed by atoms with E-state index >= 15 is 0 Å². The zero-order valence-corrected chi connectivity index (χ0v) is 17.2. The van der Waals surface area contributed by atoms with Crippen molar-refractivity contribution in [2.75, 3.05) is 18.8 Å². The number of nitrogens with zero attached hydrogens (tertiary/aromatic N) is 1. The van der Waals surface area contributed by atoms with Crippen molar-refractivity contribution >= 4 is 11.8 Å². The molecule has 0 aliphatic carbocycles. The number of amides is 1. The maximum atomic E-state index is 12.2. The van der Waals surface area contributed by atoms with E-state index < -0.39 is 5.60 Å². The Bertz CT molecular complexity index is 817. The van der Waals surface area contributed by atoms with E-state index in [1.54, 1.807) is 4.90 Å². The van der Waals surface area contributed by atoms with Crippen LogP contribution in [0, 0.1) is 6.92 Å². The Morgan fingerprint density at radius 1 is 1.07 bits per heavy atom. The molecule has 0 saturated carbocycles. The lowest BCUT2D eigenvalue weighted by molar-refractivity contribution is 0.0205. The van der Waals surface area contributed by atoms with Crippen LogP contribution < -0.4 is 10.5 Å². The summed E-state index contributed by atoms with van der Waals surface area (Å²) in [5.74, 6) is 1.82. The van der Waals surface area contributed by atoms with Gasteiger partial charge in [-0.25, -0.2) is 4.79 Å². The number of nitrogens with two attached hydrogens (primary N) is 1. The largest absolute Gasteiger partial charge is 0.455 e. The predicted octanol–water partition coefficient (Wildman–Crippen LogP) is 5.48. The summed E-state index contributed by atoms with van der Waals surface area (Å²) in [5, 5.41) is 0. The predicted molar refractivity (Wildman–Crippen MR) is 112 cm³/mol. The quantitative estimate of drug-likeness (QED) is 0.714. The monoisotopic (exact) mass is 382 g/mol. The Morgan fingerprint density at radius 3 is 2.32 bits per heavy atom. The molecule has 1 amide bonds. The van der Waals surface area contributed by atoms with Gasteiger partial charge in [0.1, 0.15) is 11.4 Å². The molecule has 0 unspecified atom stereocenters. The third-order valence-electron chi connectivity index (χ3n) is 4.90. The van der Waals surface area contributed by atoms with Gasteiger partial charge in [-0.2, -0.15) is 0 Å². The molecule has 2 aromatic carbocycles. The molecule has 5 nitrogen and oxygen atoms in total. The SMILES string of the molecule is Cc1ccc(Oc2cc(C3CCN(C(=O)OC(C)(C)C)CC3)ccc2N)cc1. The van der Waals surface area contributed by atoms with Crippen molar-refractivity contribution in [1.82, 2.24) is 4.90 Å². The highest BCUT2D eigenvalue weighted by molar-refractivity contribution is 5.68. The Kier molecular flexibility index (Phi) is 5.82. The van der Waals surface area contributed by atoms with E-state index in [1.165, 1.54) is 11.1 Å². The minimum Gasteiger partial charge on any atom is -0.455 e. The summed E-state index contributed by atoms with van der Waals surface area (Å²) in [6, 6.07) is 13.9. The van der Waals surface area contributed by atoms with E-state index in [4.69, 9.17) is 15.2 Å². The molecule has 28 heavy (non-hydrogen) atoms. The highest BCUT2D eigenvalue weighted by Gasteiger charge is 2.27. The van der Waals surface area contributed by atoms with Crippen LogP contribution in [0.3, 0.4) is 0 Å². The number of hydrogen-bond donors (Lipinski definition) is 1. The molecule has 2 aromatic rings. The van der Waals surface area contributed by atoms with Gasteiger partial charge in [-0.1, -0.05) is 23.8 Å². The van der Waals surface area contributed by atoms with Crippen molar-refractivity contribution in [1.29, 1.82) is 0 Å². The zero-order valence-electron chi connectivity index (χ0n) is 17.2. The molecular formula is C23H30N2O3. The number of hydrogen-bond acceptors (Lipinski definition) is 4. The Morgan fingerprint density at radius 2 is 1.71 bits per heavy atom. The molecule has 0 radical (unpaired) electrons. The van der Waals surface area contributed by atoms with Gasteiger partial charge in [-0.3, -0.25) is 0 Å². The van der Waals surface area contributed by atoms with Gasteiger partial charge in [0, 0.05) is 13.1 Å². The zero-order chi connectivity index (χ0) is 20.3. The van der Waals surface area contributed by atoms with Gasteiger partial charge in [-0.15, -0.1) is 0 Å². The van der Waals surface area contributed by atoms with Gasteiger partial charge < -0.3 is 20.1 Å². The first-order chi connectivity index (χ1) is 13.2. The maximum absolute atomic E-state index is 12.2. The first kappa shape index (κ1) is 20.1. The number of nitrogen functional groups attached to an aromatic ring is 1. The average molecular weight is 383 g/mol. The Hall–Kier alpha value is -2.69. The van der Waals surface area contributed by atoms with E-state index in [0.717, 1.165) is 18.6 Å². The van der Waals surface area contributed by atoms with Crippen LogP contribution in [0.5, 0.6) is 11.5 Å². The second-order valence-electron chi connectivity index (χ2n) is 8.45. The highest BCUT2D eigenvalue weighted by Crippen LogP contribution is 2.35. The summed E-state index contributed by atoms with van der Waals surface area (Å²) < 4.78 is 11.5. The van der Waals surface area contributed by atoms with Gasteiger partial charge in [0.25, 0.3) is 0 Å². The molecule has 0 spiro atoms. The van der Waals surface area contributed by atoms with E-state index in [2.05, 4.69) is 6.07 Å². The fraction of sp³-hybridized carbons (Fsp3) is 0.435. The van der Waals surface area contributed by atoms with Crippen molar-refractivity contribution in [2.24, 2.45) is 0 Å². The lowest BCUT2D eigenvalue weighted by Gasteiger charge is -2.33. The summed E-state index contributed by atoms with van der Waals surface area (Å²) >= 11 is 0. The number of carbonyl (C=O) groups excluding carboxylic acids is 1. The average Bonchev–Trinajstić information content (AvgIpc) is 2.64. The van der Waals surface area contributed by atoms with Gasteiger partial charge in [0.2, 0.25) is 0 Å². The molecule has 1 saturated heterocycles. The number of piperidine rings is 1. The highest BCUT2D eigenvalue weighted by atomic mass is 16.6. The fourth-order valence-electron chi connectivity index (χ4n) is 3.35.